The van der Waals surface area contributed by atoms with Crippen LogP contribution in [-0.4, -0.2) is 39.8 Å². The fourth-order valence-corrected chi connectivity index (χ4v) is 3.97. The van der Waals surface area contributed by atoms with Crippen LogP contribution in [-0.2, 0) is 4.79 Å². The molecule has 0 radical (unpaired) electrons. The number of amides is 2. The van der Waals surface area contributed by atoms with Gasteiger partial charge in [-0.1, -0.05) is 0 Å². The lowest BCUT2D eigenvalue weighted by Gasteiger charge is -2.20. The minimum atomic E-state index is -0.651. The molecule has 9 heteroatoms. The Hall–Kier alpha value is -2.65. The van der Waals surface area contributed by atoms with Crippen LogP contribution in [0.4, 0.5) is 0 Å². The van der Waals surface area contributed by atoms with Crippen molar-refractivity contribution in [2.75, 3.05) is 12.0 Å². The maximum atomic E-state index is 12.8. The predicted molar refractivity (Wildman–Crippen MR) is 115 cm³/mol. The summed E-state index contributed by atoms with van der Waals surface area (Å²) >= 11 is 3.10. The Labute approximate surface area is 177 Å². The average molecular weight is 431 g/mol. The highest BCUT2D eigenvalue weighted by atomic mass is 32.2. The van der Waals surface area contributed by atoms with Gasteiger partial charge in [-0.15, -0.1) is 11.3 Å². The number of hydrogen-bond acceptors (Lipinski definition) is 7. The number of furan rings is 1. The number of rotatable bonds is 9. The van der Waals surface area contributed by atoms with Gasteiger partial charge >= 0.3 is 0 Å². The highest BCUT2D eigenvalue weighted by Gasteiger charge is 2.24. The molecule has 2 amide bonds. The molecule has 7 nitrogen and oxygen atoms in total. The molecule has 0 aliphatic carbocycles. The third-order valence-electron chi connectivity index (χ3n) is 4.20. The molecule has 2 unspecified atom stereocenters. The van der Waals surface area contributed by atoms with Crippen LogP contribution in [0.5, 0.6) is 0 Å². The molecular formula is C20H22N4O3S2. The molecule has 3 heterocycles. The normalized spacial score (nSPS) is 12.9. The van der Waals surface area contributed by atoms with Crippen LogP contribution >= 0.6 is 23.1 Å². The Morgan fingerprint density at radius 3 is 2.72 bits per heavy atom. The van der Waals surface area contributed by atoms with Gasteiger partial charge in [0.15, 0.2) is 5.76 Å². The number of carbonyl (C=O) groups is 2. The lowest BCUT2D eigenvalue weighted by molar-refractivity contribution is -0.123. The molecule has 0 saturated heterocycles. The summed E-state index contributed by atoms with van der Waals surface area (Å²) in [6.07, 6.45) is 7.35. The highest BCUT2D eigenvalue weighted by Crippen LogP contribution is 2.25. The van der Waals surface area contributed by atoms with Crippen molar-refractivity contribution in [3.8, 4) is 11.3 Å². The van der Waals surface area contributed by atoms with E-state index in [0.29, 0.717) is 6.42 Å². The first-order valence-electron chi connectivity index (χ1n) is 9.08. The van der Waals surface area contributed by atoms with Crippen LogP contribution in [0.2, 0.25) is 0 Å². The van der Waals surface area contributed by atoms with E-state index in [1.807, 2.05) is 30.7 Å². The van der Waals surface area contributed by atoms with Gasteiger partial charge in [0, 0.05) is 23.3 Å². The molecular weight excluding hydrogens is 408 g/mol. The number of nitrogens with one attached hydrogen (secondary N) is 2. The summed E-state index contributed by atoms with van der Waals surface area (Å²) in [6.45, 7) is 1.88. The van der Waals surface area contributed by atoms with Crippen molar-refractivity contribution in [1.82, 2.24) is 20.6 Å². The molecule has 0 aromatic carbocycles. The quantitative estimate of drug-likeness (QED) is 0.539. The maximum absolute atomic E-state index is 12.8. The Balaban J connectivity index is 1.65. The number of thioether (sulfide) groups is 1. The van der Waals surface area contributed by atoms with E-state index < -0.39 is 11.9 Å². The first-order valence-corrected chi connectivity index (χ1v) is 11.4. The molecule has 152 valence electrons. The van der Waals surface area contributed by atoms with E-state index in [-0.39, 0.29) is 17.7 Å². The largest absolute Gasteiger partial charge is 0.459 e. The number of nitrogens with zero attached hydrogens (tertiary/aromatic N) is 2. The predicted octanol–water partition coefficient (Wildman–Crippen LogP) is 3.53. The van der Waals surface area contributed by atoms with Crippen LogP contribution in [0.15, 0.2) is 52.7 Å². The summed E-state index contributed by atoms with van der Waals surface area (Å²) in [4.78, 5) is 33.8. The van der Waals surface area contributed by atoms with Gasteiger partial charge in [0.25, 0.3) is 5.91 Å². The van der Waals surface area contributed by atoms with Crippen molar-refractivity contribution in [1.29, 1.82) is 0 Å². The Morgan fingerprint density at radius 1 is 1.24 bits per heavy atom. The first-order chi connectivity index (χ1) is 14.1. The lowest BCUT2D eigenvalue weighted by atomic mass is 10.2. The fourth-order valence-electron chi connectivity index (χ4n) is 2.66. The molecule has 2 atom stereocenters. The second-order valence-electron chi connectivity index (χ2n) is 6.32. The van der Waals surface area contributed by atoms with Gasteiger partial charge < -0.3 is 15.1 Å². The molecule has 29 heavy (non-hydrogen) atoms. The van der Waals surface area contributed by atoms with Crippen LogP contribution in [0.1, 0.15) is 34.9 Å². The van der Waals surface area contributed by atoms with Crippen molar-refractivity contribution in [3.63, 3.8) is 0 Å². The van der Waals surface area contributed by atoms with Crippen LogP contribution < -0.4 is 10.6 Å². The lowest BCUT2D eigenvalue weighted by Crippen LogP contribution is -2.47. The van der Waals surface area contributed by atoms with E-state index in [4.69, 9.17) is 4.42 Å². The van der Waals surface area contributed by atoms with Gasteiger partial charge in [-0.25, -0.2) is 4.98 Å². The van der Waals surface area contributed by atoms with Crippen LogP contribution in [0.25, 0.3) is 11.3 Å². The zero-order valence-electron chi connectivity index (χ0n) is 16.1. The minimum absolute atomic E-state index is 0.182. The minimum Gasteiger partial charge on any atom is -0.459 e. The van der Waals surface area contributed by atoms with E-state index in [9.17, 15) is 9.59 Å². The van der Waals surface area contributed by atoms with E-state index in [1.54, 1.807) is 36.3 Å². The Bertz CT molecular complexity index is 928. The van der Waals surface area contributed by atoms with Crippen molar-refractivity contribution >= 4 is 34.9 Å². The van der Waals surface area contributed by atoms with Gasteiger partial charge in [-0.2, -0.15) is 11.8 Å². The van der Waals surface area contributed by atoms with E-state index in [1.165, 1.54) is 17.6 Å². The van der Waals surface area contributed by atoms with Gasteiger partial charge in [-0.3, -0.25) is 14.6 Å². The van der Waals surface area contributed by atoms with E-state index >= 15 is 0 Å². The van der Waals surface area contributed by atoms with Crippen molar-refractivity contribution in [2.45, 2.75) is 25.4 Å². The summed E-state index contributed by atoms with van der Waals surface area (Å²) in [6, 6.07) is 6.06. The van der Waals surface area contributed by atoms with E-state index in [2.05, 4.69) is 20.6 Å². The molecule has 0 bridgehead atoms. The molecule has 2 N–H and O–H groups in total. The van der Waals surface area contributed by atoms with Gasteiger partial charge in [0.05, 0.1) is 18.0 Å². The monoisotopic (exact) mass is 430 g/mol. The maximum Gasteiger partial charge on any atom is 0.287 e. The molecule has 3 aromatic rings. The third kappa shape index (κ3) is 5.68. The second kappa shape index (κ2) is 10.2. The first kappa shape index (κ1) is 21.1. The molecule has 0 fully saturated rings. The zero-order chi connectivity index (χ0) is 20.6. The molecule has 0 aliphatic rings. The van der Waals surface area contributed by atoms with Gasteiger partial charge in [0.1, 0.15) is 11.0 Å². The van der Waals surface area contributed by atoms with Crippen LogP contribution in [0, 0.1) is 0 Å². The SMILES string of the molecule is CSCCC(NC(=O)c1ccco1)C(=O)NC(C)c1nc(-c2ccncc2)cs1. The number of carbonyl (C=O) groups excluding carboxylic acids is 2. The Morgan fingerprint density at radius 2 is 2.03 bits per heavy atom. The topological polar surface area (TPSA) is 97.1 Å². The van der Waals surface area contributed by atoms with Crippen molar-refractivity contribution in [2.24, 2.45) is 0 Å². The third-order valence-corrected chi connectivity index (χ3v) is 5.88. The number of pyridine rings is 1. The highest BCUT2D eigenvalue weighted by molar-refractivity contribution is 7.98. The number of hydrogen-bond donors (Lipinski definition) is 2. The Kier molecular flexibility index (Phi) is 7.42. The summed E-state index contributed by atoms with van der Waals surface area (Å²) in [7, 11) is 0. The zero-order valence-corrected chi connectivity index (χ0v) is 17.8. The van der Waals surface area contributed by atoms with Crippen molar-refractivity contribution < 1.29 is 14.0 Å². The summed E-state index contributed by atoms with van der Waals surface area (Å²) in [5.41, 5.74) is 1.82. The molecule has 3 aromatic heterocycles. The summed E-state index contributed by atoms with van der Waals surface area (Å²) in [5, 5.41) is 8.48. The van der Waals surface area contributed by atoms with E-state index in [0.717, 1.165) is 22.0 Å². The summed E-state index contributed by atoms with van der Waals surface area (Å²) in [5.74, 6) is 0.279. The standard InChI is InChI=1S/C20H22N4O3S2/c1-13(20-24-16(12-29-20)14-5-8-21-9-6-14)22-18(25)15(7-11-28-2)23-19(26)17-4-3-10-27-17/h3-6,8-10,12-13,15H,7,11H2,1-2H3,(H,22,25)(H,23,26). The van der Waals surface area contributed by atoms with Gasteiger partial charge in [-0.05, 0) is 49.6 Å². The van der Waals surface area contributed by atoms with Crippen LogP contribution in [0.3, 0.4) is 0 Å². The fraction of sp³-hybridized carbons (Fsp3) is 0.300. The smallest absolute Gasteiger partial charge is 0.287 e. The average Bonchev–Trinajstić information content (AvgIpc) is 3.44. The molecule has 0 spiro atoms. The molecule has 3 rings (SSSR count). The summed E-state index contributed by atoms with van der Waals surface area (Å²) < 4.78 is 5.11. The number of aromatic nitrogens is 2. The number of thiazole rings is 1. The molecule has 0 saturated carbocycles. The van der Waals surface area contributed by atoms with Crippen molar-refractivity contribution in [3.05, 3.63) is 59.1 Å². The molecule has 0 aliphatic heterocycles. The second-order valence-corrected chi connectivity index (χ2v) is 8.20. The van der Waals surface area contributed by atoms with Gasteiger partial charge in [0.2, 0.25) is 5.91 Å².